The largest absolute Gasteiger partial charge is 0.316 e. The third kappa shape index (κ3) is 3.30. The highest BCUT2D eigenvalue weighted by Crippen LogP contribution is 2.28. The van der Waals surface area contributed by atoms with Crippen molar-refractivity contribution in [1.29, 1.82) is 0 Å². The molecular formula is C12H20N2S. The normalized spacial score (nSPS) is 18.3. The van der Waals surface area contributed by atoms with E-state index in [1.165, 1.54) is 18.4 Å². The molecule has 1 atom stereocenters. The Balaban J connectivity index is 1.88. The van der Waals surface area contributed by atoms with Gasteiger partial charge >= 0.3 is 0 Å². The third-order valence-corrected chi connectivity index (χ3v) is 3.76. The standard InChI is InChI=1S/C12H20N2S/c1-10(13-2)7-14(12-3-4-12)8-11-5-6-15-9-11/h5-6,9-10,12-13H,3-4,7-8H2,1-2H3. The Morgan fingerprint density at radius 1 is 1.60 bits per heavy atom. The summed E-state index contributed by atoms with van der Waals surface area (Å²) >= 11 is 1.80. The summed E-state index contributed by atoms with van der Waals surface area (Å²) in [6.07, 6.45) is 2.78. The van der Waals surface area contributed by atoms with Crippen molar-refractivity contribution >= 4 is 11.3 Å². The monoisotopic (exact) mass is 224 g/mol. The van der Waals surface area contributed by atoms with Crippen molar-refractivity contribution in [1.82, 2.24) is 10.2 Å². The van der Waals surface area contributed by atoms with Crippen molar-refractivity contribution in [2.24, 2.45) is 0 Å². The van der Waals surface area contributed by atoms with Gasteiger partial charge in [-0.25, -0.2) is 0 Å². The maximum Gasteiger partial charge on any atom is 0.0245 e. The van der Waals surface area contributed by atoms with E-state index in [-0.39, 0.29) is 0 Å². The van der Waals surface area contributed by atoms with Crippen LogP contribution in [0.2, 0.25) is 0 Å². The summed E-state index contributed by atoms with van der Waals surface area (Å²) in [4.78, 5) is 2.61. The highest BCUT2D eigenvalue weighted by Gasteiger charge is 2.29. The van der Waals surface area contributed by atoms with E-state index in [0.29, 0.717) is 6.04 Å². The Bertz CT molecular complexity index is 280. The Hall–Kier alpha value is -0.380. The van der Waals surface area contributed by atoms with Gasteiger partial charge in [0.05, 0.1) is 0 Å². The fourth-order valence-corrected chi connectivity index (χ4v) is 2.50. The van der Waals surface area contributed by atoms with E-state index in [1.54, 1.807) is 11.3 Å². The van der Waals surface area contributed by atoms with Crippen LogP contribution >= 0.6 is 11.3 Å². The van der Waals surface area contributed by atoms with Crippen LogP contribution in [0.3, 0.4) is 0 Å². The molecule has 1 saturated carbocycles. The maximum atomic E-state index is 3.32. The molecule has 3 heteroatoms. The molecule has 2 nitrogen and oxygen atoms in total. The lowest BCUT2D eigenvalue weighted by Gasteiger charge is -2.25. The molecule has 1 aromatic rings. The topological polar surface area (TPSA) is 15.3 Å². The van der Waals surface area contributed by atoms with Gasteiger partial charge in [0.15, 0.2) is 0 Å². The van der Waals surface area contributed by atoms with E-state index in [4.69, 9.17) is 0 Å². The fraction of sp³-hybridized carbons (Fsp3) is 0.667. The van der Waals surface area contributed by atoms with Crippen molar-refractivity contribution < 1.29 is 0 Å². The van der Waals surface area contributed by atoms with Crippen LogP contribution in [0, 0.1) is 0 Å². The maximum absolute atomic E-state index is 3.32. The fourth-order valence-electron chi connectivity index (χ4n) is 1.84. The molecular weight excluding hydrogens is 204 g/mol. The predicted molar refractivity (Wildman–Crippen MR) is 66.3 cm³/mol. The van der Waals surface area contributed by atoms with Gasteiger partial charge in [0.1, 0.15) is 0 Å². The Labute approximate surface area is 96.3 Å². The number of likely N-dealkylation sites (N-methyl/N-ethyl adjacent to an activating group) is 1. The summed E-state index contributed by atoms with van der Waals surface area (Å²) in [7, 11) is 2.04. The second-order valence-corrected chi connectivity index (χ2v) is 5.26. The molecule has 0 saturated heterocycles. The molecule has 0 bridgehead atoms. The Morgan fingerprint density at radius 3 is 2.93 bits per heavy atom. The minimum atomic E-state index is 0.587. The van der Waals surface area contributed by atoms with Crippen molar-refractivity contribution in [2.75, 3.05) is 13.6 Å². The summed E-state index contributed by atoms with van der Waals surface area (Å²) in [6, 6.07) is 3.68. The zero-order valence-electron chi connectivity index (χ0n) is 9.57. The first-order valence-electron chi connectivity index (χ1n) is 5.72. The van der Waals surface area contributed by atoms with Gasteiger partial charge in [0, 0.05) is 25.2 Å². The molecule has 1 aromatic heterocycles. The van der Waals surface area contributed by atoms with E-state index in [2.05, 4.69) is 34.0 Å². The number of rotatable bonds is 6. The van der Waals surface area contributed by atoms with Crippen molar-refractivity contribution in [3.8, 4) is 0 Å². The lowest BCUT2D eigenvalue weighted by Crippen LogP contribution is -2.38. The summed E-state index contributed by atoms with van der Waals surface area (Å²) in [6.45, 7) is 4.54. The molecule has 1 unspecified atom stereocenters. The molecule has 0 aliphatic heterocycles. The molecule has 0 spiro atoms. The summed E-state index contributed by atoms with van der Waals surface area (Å²) in [5.41, 5.74) is 1.47. The first-order valence-corrected chi connectivity index (χ1v) is 6.66. The van der Waals surface area contributed by atoms with Crippen molar-refractivity contribution in [2.45, 2.75) is 38.4 Å². The molecule has 1 fully saturated rings. The van der Waals surface area contributed by atoms with Crippen LogP contribution in [0.1, 0.15) is 25.3 Å². The van der Waals surface area contributed by atoms with Gasteiger partial charge in [0.2, 0.25) is 0 Å². The number of hydrogen-bond acceptors (Lipinski definition) is 3. The van der Waals surface area contributed by atoms with Gasteiger partial charge in [-0.1, -0.05) is 0 Å². The molecule has 2 rings (SSSR count). The number of nitrogens with one attached hydrogen (secondary N) is 1. The molecule has 0 amide bonds. The van der Waals surface area contributed by atoms with Crippen LogP contribution in [-0.4, -0.2) is 30.6 Å². The van der Waals surface area contributed by atoms with E-state index in [1.807, 2.05) is 7.05 Å². The van der Waals surface area contributed by atoms with Crippen LogP contribution in [0.25, 0.3) is 0 Å². The molecule has 1 aliphatic rings. The summed E-state index contributed by atoms with van der Waals surface area (Å²) < 4.78 is 0. The van der Waals surface area contributed by atoms with Crippen molar-refractivity contribution in [3.63, 3.8) is 0 Å². The first-order chi connectivity index (χ1) is 7.29. The number of nitrogens with zero attached hydrogens (tertiary/aromatic N) is 1. The zero-order valence-corrected chi connectivity index (χ0v) is 10.4. The molecule has 1 N–H and O–H groups in total. The second-order valence-electron chi connectivity index (χ2n) is 4.48. The molecule has 15 heavy (non-hydrogen) atoms. The minimum absolute atomic E-state index is 0.587. The van der Waals surface area contributed by atoms with Gasteiger partial charge in [-0.15, -0.1) is 0 Å². The average molecular weight is 224 g/mol. The molecule has 1 heterocycles. The smallest absolute Gasteiger partial charge is 0.0245 e. The zero-order chi connectivity index (χ0) is 10.7. The first kappa shape index (κ1) is 11.1. The highest BCUT2D eigenvalue weighted by molar-refractivity contribution is 7.07. The SMILES string of the molecule is CNC(C)CN(Cc1ccsc1)C1CC1. The lowest BCUT2D eigenvalue weighted by atomic mass is 10.2. The number of thiophene rings is 1. The van der Waals surface area contributed by atoms with Gasteiger partial charge in [-0.2, -0.15) is 11.3 Å². The molecule has 0 radical (unpaired) electrons. The average Bonchev–Trinajstić information content (AvgIpc) is 2.97. The van der Waals surface area contributed by atoms with Gasteiger partial charge in [0.25, 0.3) is 0 Å². The summed E-state index contributed by atoms with van der Waals surface area (Å²) in [5, 5.41) is 7.75. The lowest BCUT2D eigenvalue weighted by molar-refractivity contribution is 0.233. The van der Waals surface area contributed by atoms with E-state index in [0.717, 1.165) is 19.1 Å². The van der Waals surface area contributed by atoms with Gasteiger partial charge in [-0.05, 0) is 49.2 Å². The van der Waals surface area contributed by atoms with Crippen LogP contribution in [-0.2, 0) is 6.54 Å². The van der Waals surface area contributed by atoms with E-state index >= 15 is 0 Å². The molecule has 0 aromatic carbocycles. The molecule has 84 valence electrons. The highest BCUT2D eigenvalue weighted by atomic mass is 32.1. The van der Waals surface area contributed by atoms with Gasteiger partial charge < -0.3 is 5.32 Å². The van der Waals surface area contributed by atoms with Crippen LogP contribution in [0.15, 0.2) is 16.8 Å². The Morgan fingerprint density at radius 2 is 2.40 bits per heavy atom. The van der Waals surface area contributed by atoms with Crippen LogP contribution < -0.4 is 5.32 Å². The Kier molecular flexibility index (Phi) is 3.78. The van der Waals surface area contributed by atoms with E-state index in [9.17, 15) is 0 Å². The second kappa shape index (κ2) is 5.10. The van der Waals surface area contributed by atoms with Crippen molar-refractivity contribution in [3.05, 3.63) is 22.4 Å². The van der Waals surface area contributed by atoms with Gasteiger partial charge in [-0.3, -0.25) is 4.90 Å². The minimum Gasteiger partial charge on any atom is -0.316 e. The molecule has 1 aliphatic carbocycles. The number of hydrogen-bond donors (Lipinski definition) is 1. The predicted octanol–water partition coefficient (Wildman–Crippen LogP) is 2.32. The summed E-state index contributed by atoms with van der Waals surface area (Å²) in [5.74, 6) is 0. The third-order valence-electron chi connectivity index (χ3n) is 3.03. The quantitative estimate of drug-likeness (QED) is 0.798. The van der Waals surface area contributed by atoms with Crippen LogP contribution in [0.4, 0.5) is 0 Å². The van der Waals surface area contributed by atoms with Crippen LogP contribution in [0.5, 0.6) is 0 Å². The van der Waals surface area contributed by atoms with E-state index < -0.39 is 0 Å².